The first-order valence-corrected chi connectivity index (χ1v) is 5.36. The summed E-state index contributed by atoms with van der Waals surface area (Å²) in [5.41, 5.74) is 0.630. The van der Waals surface area contributed by atoms with E-state index in [0.29, 0.717) is 17.9 Å². The highest BCUT2D eigenvalue weighted by Crippen LogP contribution is 2.23. The summed E-state index contributed by atoms with van der Waals surface area (Å²) in [7, 11) is 0. The summed E-state index contributed by atoms with van der Waals surface area (Å²) in [4.78, 5) is 19.3. The highest BCUT2D eigenvalue weighted by molar-refractivity contribution is 5.77. The Labute approximate surface area is 103 Å². The molecule has 0 saturated carbocycles. The molecule has 0 fully saturated rings. The van der Waals surface area contributed by atoms with Gasteiger partial charge in [0.25, 0.3) is 0 Å². The van der Waals surface area contributed by atoms with E-state index in [1.54, 1.807) is 6.92 Å². The first-order chi connectivity index (χ1) is 8.65. The lowest BCUT2D eigenvalue weighted by atomic mass is 10.3. The van der Waals surface area contributed by atoms with Gasteiger partial charge in [0.1, 0.15) is 17.8 Å². The third kappa shape index (κ3) is 1.98. The first kappa shape index (κ1) is 11.9. The van der Waals surface area contributed by atoms with E-state index in [-0.39, 0.29) is 11.6 Å². The lowest BCUT2D eigenvalue weighted by molar-refractivity contribution is 0.196. The molecule has 6 heteroatoms. The molecular formula is C12H11N3O3. The van der Waals surface area contributed by atoms with Crippen molar-refractivity contribution >= 4 is 6.09 Å². The fraction of sp³-hybridized carbons (Fsp3) is 0.250. The van der Waals surface area contributed by atoms with Gasteiger partial charge in [0, 0.05) is 6.42 Å². The summed E-state index contributed by atoms with van der Waals surface area (Å²) in [6.07, 6.45) is 2.34. The number of nitrogens with zero attached hydrogens (tertiary/aromatic N) is 3. The predicted molar refractivity (Wildman–Crippen MR) is 63.1 cm³/mol. The predicted octanol–water partition coefficient (Wildman–Crippen LogP) is 2.13. The minimum absolute atomic E-state index is 0.193. The second-order valence-electron chi connectivity index (χ2n) is 3.47. The molecule has 2 aromatic rings. The molecule has 0 unspecified atom stereocenters. The summed E-state index contributed by atoms with van der Waals surface area (Å²) in [5, 5.41) is 9.19. The average molecular weight is 245 g/mol. The zero-order chi connectivity index (χ0) is 13.1. The maximum absolute atomic E-state index is 11.2. The molecule has 6 nitrogen and oxygen atoms in total. The molecule has 0 aliphatic carbocycles. The van der Waals surface area contributed by atoms with Crippen molar-refractivity contribution in [1.82, 2.24) is 14.5 Å². The Morgan fingerprint density at radius 1 is 1.61 bits per heavy atom. The van der Waals surface area contributed by atoms with Crippen molar-refractivity contribution in [3.05, 3.63) is 24.0 Å². The van der Waals surface area contributed by atoms with E-state index in [4.69, 9.17) is 4.42 Å². The van der Waals surface area contributed by atoms with Gasteiger partial charge >= 0.3 is 6.09 Å². The van der Waals surface area contributed by atoms with Gasteiger partial charge in [0.2, 0.25) is 5.89 Å². The van der Waals surface area contributed by atoms with Gasteiger partial charge in [0.05, 0.1) is 6.20 Å². The zero-order valence-corrected chi connectivity index (χ0v) is 9.97. The smallest absolute Gasteiger partial charge is 0.417 e. The molecule has 0 amide bonds. The molecule has 2 rings (SSSR count). The monoisotopic (exact) mass is 245 g/mol. The van der Waals surface area contributed by atoms with E-state index in [1.165, 1.54) is 12.5 Å². The van der Waals surface area contributed by atoms with Crippen LogP contribution in [0, 0.1) is 18.8 Å². The van der Waals surface area contributed by atoms with Crippen LogP contribution in [0.1, 0.15) is 24.9 Å². The molecular weight excluding hydrogens is 234 g/mol. The van der Waals surface area contributed by atoms with E-state index in [1.807, 2.05) is 6.92 Å². The topological polar surface area (TPSA) is 81.2 Å². The summed E-state index contributed by atoms with van der Waals surface area (Å²) >= 11 is 0. The van der Waals surface area contributed by atoms with Gasteiger partial charge in [-0.1, -0.05) is 12.8 Å². The number of hydrogen-bond donors (Lipinski definition) is 1. The number of carbonyl (C=O) groups is 1. The average Bonchev–Trinajstić information content (AvgIpc) is 2.92. The van der Waals surface area contributed by atoms with Crippen LogP contribution in [-0.2, 0) is 0 Å². The number of imidazole rings is 1. The van der Waals surface area contributed by atoms with Crippen molar-refractivity contribution in [2.45, 2.75) is 20.3 Å². The van der Waals surface area contributed by atoms with Crippen LogP contribution in [0.25, 0.3) is 11.6 Å². The molecule has 2 aromatic heterocycles. The van der Waals surface area contributed by atoms with E-state index < -0.39 is 6.09 Å². The second-order valence-corrected chi connectivity index (χ2v) is 3.47. The first-order valence-electron chi connectivity index (χ1n) is 5.36. The molecule has 18 heavy (non-hydrogen) atoms. The number of hydrogen-bond acceptors (Lipinski definition) is 4. The maximum atomic E-state index is 11.2. The Kier molecular flexibility index (Phi) is 3.15. The largest absolute Gasteiger partial charge is 0.464 e. The van der Waals surface area contributed by atoms with Gasteiger partial charge in [-0.3, -0.25) is 0 Å². The molecule has 0 aliphatic heterocycles. The van der Waals surface area contributed by atoms with Crippen molar-refractivity contribution in [3.63, 3.8) is 0 Å². The number of rotatable bonds is 1. The Morgan fingerprint density at radius 3 is 2.94 bits per heavy atom. The number of aromatic nitrogens is 3. The molecule has 0 bridgehead atoms. The van der Waals surface area contributed by atoms with Crippen molar-refractivity contribution < 1.29 is 14.3 Å². The minimum Gasteiger partial charge on any atom is -0.464 e. The van der Waals surface area contributed by atoms with Gasteiger partial charge in [-0.25, -0.2) is 19.3 Å². The molecule has 92 valence electrons. The van der Waals surface area contributed by atoms with E-state index in [9.17, 15) is 9.90 Å². The van der Waals surface area contributed by atoms with Crippen LogP contribution in [0.3, 0.4) is 0 Å². The maximum Gasteiger partial charge on any atom is 0.417 e. The highest BCUT2D eigenvalue weighted by atomic mass is 16.4. The minimum atomic E-state index is -1.14. The summed E-state index contributed by atoms with van der Waals surface area (Å²) in [5.74, 6) is 6.20. The van der Waals surface area contributed by atoms with Gasteiger partial charge in [-0.05, 0) is 12.8 Å². The molecule has 0 aliphatic rings. The van der Waals surface area contributed by atoms with Gasteiger partial charge < -0.3 is 9.52 Å². The summed E-state index contributed by atoms with van der Waals surface area (Å²) in [6.45, 7) is 3.50. The lowest BCUT2D eigenvalue weighted by Gasteiger charge is -2.00. The van der Waals surface area contributed by atoms with Crippen molar-refractivity contribution in [2.24, 2.45) is 0 Å². The number of oxazole rings is 1. The van der Waals surface area contributed by atoms with Crippen LogP contribution in [0.5, 0.6) is 0 Å². The molecule has 0 aromatic carbocycles. The van der Waals surface area contributed by atoms with Crippen molar-refractivity contribution in [1.29, 1.82) is 0 Å². The molecule has 0 spiro atoms. The second kappa shape index (κ2) is 4.75. The van der Waals surface area contributed by atoms with E-state index in [2.05, 4.69) is 21.8 Å². The molecule has 2 heterocycles. The number of carboxylic acid groups (broad SMARTS) is 1. The molecule has 0 saturated heterocycles. The fourth-order valence-corrected chi connectivity index (χ4v) is 1.56. The van der Waals surface area contributed by atoms with Gasteiger partial charge in [-0.2, -0.15) is 0 Å². The highest BCUT2D eigenvalue weighted by Gasteiger charge is 2.22. The van der Waals surface area contributed by atoms with Crippen molar-refractivity contribution in [3.8, 4) is 23.4 Å². The Balaban J connectivity index is 2.69. The molecule has 0 radical (unpaired) electrons. The summed E-state index contributed by atoms with van der Waals surface area (Å²) in [6, 6.07) is 0. The number of aryl methyl sites for hydroxylation is 1. The van der Waals surface area contributed by atoms with Crippen LogP contribution in [0.4, 0.5) is 4.79 Å². The molecule has 0 atom stereocenters. The normalized spacial score (nSPS) is 9.89. The van der Waals surface area contributed by atoms with Crippen LogP contribution in [-0.4, -0.2) is 25.7 Å². The Hall–Kier alpha value is -2.55. The van der Waals surface area contributed by atoms with Crippen LogP contribution in [0.2, 0.25) is 0 Å². The third-order valence-corrected chi connectivity index (χ3v) is 2.25. The third-order valence-electron chi connectivity index (χ3n) is 2.25. The van der Waals surface area contributed by atoms with Crippen LogP contribution >= 0.6 is 0 Å². The Bertz CT molecular complexity index is 630. The molecule has 1 N–H and O–H groups in total. The Morgan fingerprint density at radius 2 is 2.39 bits per heavy atom. The van der Waals surface area contributed by atoms with Gasteiger partial charge in [-0.15, -0.1) is 0 Å². The lowest BCUT2D eigenvalue weighted by Crippen LogP contribution is -2.11. The van der Waals surface area contributed by atoms with Crippen LogP contribution < -0.4 is 0 Å². The quantitative estimate of drug-likeness (QED) is 0.778. The van der Waals surface area contributed by atoms with E-state index in [0.717, 1.165) is 4.57 Å². The fourth-order valence-electron chi connectivity index (χ4n) is 1.56. The van der Waals surface area contributed by atoms with Crippen LogP contribution in [0.15, 0.2) is 16.9 Å². The standard InChI is InChI=1S/C12H11N3O3/c1-3-4-5-9-10(11-13-6-7-18-11)15(12(16)17)8(2)14-9/h6-7H,3H2,1-2H3,(H,16,17). The van der Waals surface area contributed by atoms with E-state index >= 15 is 0 Å². The van der Waals surface area contributed by atoms with Crippen molar-refractivity contribution in [2.75, 3.05) is 0 Å². The SMILES string of the molecule is CCC#Cc1nc(C)n(C(=O)O)c1-c1ncco1. The summed E-state index contributed by atoms with van der Waals surface area (Å²) < 4.78 is 6.16. The zero-order valence-electron chi connectivity index (χ0n) is 9.97. The van der Waals surface area contributed by atoms with Gasteiger partial charge in [0.15, 0.2) is 5.69 Å².